The zero-order valence-electron chi connectivity index (χ0n) is 19.6. The van der Waals surface area contributed by atoms with Gasteiger partial charge in [0.05, 0.1) is 18.7 Å². The summed E-state index contributed by atoms with van der Waals surface area (Å²) >= 11 is 0. The zero-order chi connectivity index (χ0) is 25.5. The van der Waals surface area contributed by atoms with Crippen molar-refractivity contribution in [2.75, 3.05) is 18.1 Å². The van der Waals surface area contributed by atoms with Gasteiger partial charge < -0.3 is 14.4 Å². The van der Waals surface area contributed by atoms with E-state index >= 15 is 0 Å². The number of nitrogens with zero attached hydrogens (tertiary/aromatic N) is 2. The van der Waals surface area contributed by atoms with Crippen molar-refractivity contribution >= 4 is 23.7 Å². The Bertz CT molecular complexity index is 1250. The zero-order valence-corrected chi connectivity index (χ0v) is 19.6. The summed E-state index contributed by atoms with van der Waals surface area (Å²) in [6.45, 7) is 2.71. The van der Waals surface area contributed by atoms with Crippen LogP contribution in [0.25, 0.3) is 0 Å². The monoisotopic (exact) mass is 493 g/mol. The van der Waals surface area contributed by atoms with Crippen LogP contribution >= 0.6 is 0 Å². The Labute approximate surface area is 207 Å². The van der Waals surface area contributed by atoms with Crippen molar-refractivity contribution in [1.82, 2.24) is 5.43 Å². The number of halogens is 2. The third-order valence-corrected chi connectivity index (χ3v) is 5.60. The van der Waals surface area contributed by atoms with Crippen LogP contribution in [-0.4, -0.2) is 31.2 Å². The van der Waals surface area contributed by atoms with Crippen molar-refractivity contribution < 1.29 is 27.8 Å². The average Bonchev–Trinajstić information content (AvgIpc) is 3.27. The van der Waals surface area contributed by atoms with Gasteiger partial charge in [0.15, 0.2) is 11.5 Å². The second-order valence-electron chi connectivity index (χ2n) is 8.17. The standard InChI is InChI=1S/C27H25F2N3O4/c1-2-35-25-13-19(5-12-24(25)36-17-18-3-6-21(28)7-4-18)15-30-31-27(34)20-14-26(33)32(16-20)23-10-8-22(29)9-11-23/h3-13,15,20H,2,14,16-17H2,1H3,(H,31,34)/b30-15-/t20-/m1/s1. The molecule has 0 aromatic heterocycles. The lowest BCUT2D eigenvalue weighted by Crippen LogP contribution is -2.30. The van der Waals surface area contributed by atoms with E-state index in [0.717, 1.165) is 5.56 Å². The van der Waals surface area contributed by atoms with Crippen molar-refractivity contribution in [1.29, 1.82) is 0 Å². The molecule has 0 aliphatic carbocycles. The first-order chi connectivity index (χ1) is 17.4. The van der Waals surface area contributed by atoms with Crippen LogP contribution in [0.15, 0.2) is 71.8 Å². The number of anilines is 1. The predicted octanol–water partition coefficient (Wildman–Crippen LogP) is 4.45. The predicted molar refractivity (Wildman–Crippen MR) is 131 cm³/mol. The van der Waals surface area contributed by atoms with Crippen LogP contribution in [0.4, 0.5) is 14.5 Å². The minimum atomic E-state index is -0.569. The molecule has 0 spiro atoms. The largest absolute Gasteiger partial charge is 0.490 e. The van der Waals surface area contributed by atoms with Gasteiger partial charge in [-0.05, 0) is 72.6 Å². The van der Waals surface area contributed by atoms with Gasteiger partial charge in [-0.25, -0.2) is 14.2 Å². The van der Waals surface area contributed by atoms with Gasteiger partial charge in [-0.1, -0.05) is 12.1 Å². The third kappa shape index (κ3) is 6.24. The topological polar surface area (TPSA) is 80.2 Å². The highest BCUT2D eigenvalue weighted by atomic mass is 19.1. The van der Waals surface area contributed by atoms with E-state index in [2.05, 4.69) is 10.5 Å². The number of hydrazone groups is 1. The minimum absolute atomic E-state index is 0.0489. The van der Waals surface area contributed by atoms with Gasteiger partial charge in [-0.3, -0.25) is 9.59 Å². The number of nitrogens with one attached hydrogen (secondary N) is 1. The van der Waals surface area contributed by atoms with E-state index in [0.29, 0.717) is 29.4 Å². The lowest BCUT2D eigenvalue weighted by molar-refractivity contribution is -0.126. The Kier molecular flexibility index (Phi) is 7.89. The number of ether oxygens (including phenoxy) is 2. The Morgan fingerprint density at radius 2 is 1.72 bits per heavy atom. The normalized spacial score (nSPS) is 15.4. The van der Waals surface area contributed by atoms with Gasteiger partial charge in [0.2, 0.25) is 11.8 Å². The molecule has 186 valence electrons. The maximum absolute atomic E-state index is 13.2. The molecule has 1 saturated heterocycles. The molecule has 1 atom stereocenters. The molecule has 0 bridgehead atoms. The quantitative estimate of drug-likeness (QED) is 0.353. The van der Waals surface area contributed by atoms with Crippen molar-refractivity contribution in [2.24, 2.45) is 11.0 Å². The Morgan fingerprint density at radius 3 is 2.42 bits per heavy atom. The van der Waals surface area contributed by atoms with Crippen LogP contribution in [0.2, 0.25) is 0 Å². The summed E-state index contributed by atoms with van der Waals surface area (Å²) in [5.41, 5.74) is 4.51. The SMILES string of the molecule is CCOc1cc(/C=N\NC(=O)[C@@H]2CC(=O)N(c3ccc(F)cc3)C2)ccc1OCc1ccc(F)cc1. The lowest BCUT2D eigenvalue weighted by atomic mass is 10.1. The van der Waals surface area contributed by atoms with Crippen LogP contribution in [0.1, 0.15) is 24.5 Å². The number of hydrogen-bond acceptors (Lipinski definition) is 5. The van der Waals surface area contributed by atoms with Gasteiger partial charge in [0, 0.05) is 18.7 Å². The summed E-state index contributed by atoms with van der Waals surface area (Å²) in [7, 11) is 0. The molecule has 4 rings (SSSR count). The number of hydrogen-bond donors (Lipinski definition) is 1. The van der Waals surface area contributed by atoms with Gasteiger partial charge >= 0.3 is 0 Å². The van der Waals surface area contributed by atoms with Crippen LogP contribution in [0, 0.1) is 17.6 Å². The lowest BCUT2D eigenvalue weighted by Gasteiger charge is -2.16. The fourth-order valence-electron chi connectivity index (χ4n) is 3.75. The molecule has 1 aliphatic heterocycles. The van der Waals surface area contributed by atoms with Crippen LogP contribution in [-0.2, 0) is 16.2 Å². The second kappa shape index (κ2) is 11.4. The van der Waals surface area contributed by atoms with E-state index in [1.54, 1.807) is 30.3 Å². The summed E-state index contributed by atoms with van der Waals surface area (Å²) in [4.78, 5) is 26.3. The number of carbonyl (C=O) groups is 2. The maximum atomic E-state index is 13.2. The molecule has 9 heteroatoms. The molecule has 7 nitrogen and oxygen atoms in total. The number of carbonyl (C=O) groups excluding carboxylic acids is 2. The van der Waals surface area contributed by atoms with E-state index < -0.39 is 11.7 Å². The summed E-state index contributed by atoms with van der Waals surface area (Å²) in [5.74, 6) is -0.833. The second-order valence-corrected chi connectivity index (χ2v) is 8.17. The summed E-state index contributed by atoms with van der Waals surface area (Å²) in [5, 5.41) is 4.02. The molecule has 1 heterocycles. The number of amides is 2. The van der Waals surface area contributed by atoms with Crippen molar-refractivity contribution in [3.63, 3.8) is 0 Å². The van der Waals surface area contributed by atoms with Gasteiger partial charge in [0.1, 0.15) is 18.2 Å². The van der Waals surface area contributed by atoms with Crippen molar-refractivity contribution in [2.45, 2.75) is 20.0 Å². The fraction of sp³-hybridized carbons (Fsp3) is 0.222. The van der Waals surface area contributed by atoms with Crippen molar-refractivity contribution in [3.8, 4) is 11.5 Å². The molecule has 1 aliphatic rings. The maximum Gasteiger partial charge on any atom is 0.245 e. The summed E-state index contributed by atoms with van der Waals surface area (Å²) in [6.07, 6.45) is 1.52. The molecule has 2 amide bonds. The smallest absolute Gasteiger partial charge is 0.245 e. The van der Waals surface area contributed by atoms with Gasteiger partial charge in [-0.15, -0.1) is 0 Å². The highest BCUT2D eigenvalue weighted by Gasteiger charge is 2.35. The highest BCUT2D eigenvalue weighted by molar-refractivity contribution is 6.00. The van der Waals surface area contributed by atoms with E-state index in [4.69, 9.17) is 9.47 Å². The fourth-order valence-corrected chi connectivity index (χ4v) is 3.75. The molecule has 0 saturated carbocycles. The van der Waals surface area contributed by atoms with Crippen LogP contribution in [0.5, 0.6) is 11.5 Å². The molecule has 1 fully saturated rings. The van der Waals surface area contributed by atoms with E-state index in [9.17, 15) is 18.4 Å². The van der Waals surface area contributed by atoms with Crippen molar-refractivity contribution in [3.05, 3.63) is 89.5 Å². The molecule has 0 unspecified atom stereocenters. The summed E-state index contributed by atoms with van der Waals surface area (Å²) < 4.78 is 37.7. The minimum Gasteiger partial charge on any atom is -0.490 e. The van der Waals surface area contributed by atoms with Gasteiger partial charge in [0.25, 0.3) is 0 Å². The third-order valence-electron chi connectivity index (χ3n) is 5.60. The Morgan fingerprint density at radius 1 is 1.03 bits per heavy atom. The highest BCUT2D eigenvalue weighted by Crippen LogP contribution is 2.29. The molecule has 0 radical (unpaired) electrons. The first-order valence-corrected chi connectivity index (χ1v) is 11.5. The Balaban J connectivity index is 1.35. The molecule has 1 N–H and O–H groups in total. The van der Waals surface area contributed by atoms with E-state index in [1.807, 2.05) is 6.92 Å². The first-order valence-electron chi connectivity index (χ1n) is 11.5. The van der Waals surface area contributed by atoms with E-state index in [-0.39, 0.29) is 37.2 Å². The molecule has 3 aromatic rings. The Hall–Kier alpha value is -4.27. The van der Waals surface area contributed by atoms with Crippen LogP contribution < -0.4 is 19.8 Å². The number of benzene rings is 3. The van der Waals surface area contributed by atoms with E-state index in [1.165, 1.54) is 47.5 Å². The van der Waals surface area contributed by atoms with Crippen LogP contribution in [0.3, 0.4) is 0 Å². The van der Waals surface area contributed by atoms with Gasteiger partial charge in [-0.2, -0.15) is 5.10 Å². The summed E-state index contributed by atoms with van der Waals surface area (Å²) in [6, 6.07) is 16.8. The molecular weight excluding hydrogens is 468 g/mol. The first kappa shape index (κ1) is 24.8. The average molecular weight is 494 g/mol. The molecule has 3 aromatic carbocycles. The molecule has 36 heavy (non-hydrogen) atoms. The molecular formula is C27H25F2N3O4. The number of rotatable bonds is 9.